The van der Waals surface area contributed by atoms with Crippen molar-refractivity contribution < 1.29 is 14.3 Å². The predicted molar refractivity (Wildman–Crippen MR) is 119 cm³/mol. The Hall–Kier alpha value is -1.26. The molecule has 1 fully saturated rings. The Morgan fingerprint density at radius 2 is 1.70 bits per heavy atom. The third-order valence-electron chi connectivity index (χ3n) is 3.80. The molecule has 0 aliphatic carbocycles. The van der Waals surface area contributed by atoms with Crippen LogP contribution < -0.4 is 16.0 Å². The molecule has 0 aromatic carbocycles. The lowest BCUT2D eigenvalue weighted by molar-refractivity contribution is -0.128. The fraction of sp³-hybridized carbons (Fsp3) is 0.833. The molecule has 9 heteroatoms. The molecule has 27 heavy (non-hydrogen) atoms. The second kappa shape index (κ2) is 10.9. The Morgan fingerprint density at radius 3 is 2.22 bits per heavy atom. The van der Waals surface area contributed by atoms with Gasteiger partial charge in [0, 0.05) is 38.6 Å². The van der Waals surface area contributed by atoms with Crippen molar-refractivity contribution in [1.82, 2.24) is 20.9 Å². The quantitative estimate of drug-likeness (QED) is 0.239. The smallest absolute Gasteiger partial charge is 0.407 e. The van der Waals surface area contributed by atoms with Gasteiger partial charge in [-0.2, -0.15) is 0 Å². The number of guanidine groups is 1. The molecule has 0 radical (unpaired) electrons. The molecular formula is C18H36IN5O3. The minimum atomic E-state index is -0.503. The molecule has 8 nitrogen and oxygen atoms in total. The lowest BCUT2D eigenvalue weighted by Crippen LogP contribution is -2.46. The number of hydrogen-bond acceptors (Lipinski definition) is 4. The SMILES string of the molecule is CN=C(NCCNC(=O)C(C)(C)C)N1CCC(NC(=O)OC(C)(C)C)C1.I. The van der Waals surface area contributed by atoms with Crippen LogP contribution in [0, 0.1) is 5.41 Å². The maximum atomic E-state index is 11.9. The molecule has 0 saturated carbocycles. The number of carbonyl (C=O) groups excluding carboxylic acids is 2. The summed E-state index contributed by atoms with van der Waals surface area (Å²) in [6.07, 6.45) is 0.443. The van der Waals surface area contributed by atoms with Crippen molar-refractivity contribution in [2.75, 3.05) is 33.2 Å². The number of carbonyl (C=O) groups is 2. The molecule has 1 unspecified atom stereocenters. The molecule has 2 amide bonds. The number of amides is 2. The van der Waals surface area contributed by atoms with Crippen molar-refractivity contribution in [3.05, 3.63) is 0 Å². The van der Waals surface area contributed by atoms with Crippen LogP contribution in [0.15, 0.2) is 4.99 Å². The van der Waals surface area contributed by atoms with E-state index in [4.69, 9.17) is 4.74 Å². The number of alkyl carbamates (subject to hydrolysis) is 1. The Bertz CT molecular complexity index is 526. The first kappa shape index (κ1) is 25.7. The summed E-state index contributed by atoms with van der Waals surface area (Å²) in [7, 11) is 1.73. The molecule has 1 heterocycles. The van der Waals surface area contributed by atoms with Gasteiger partial charge in [0.1, 0.15) is 5.60 Å². The Labute approximate surface area is 180 Å². The van der Waals surface area contributed by atoms with E-state index >= 15 is 0 Å². The first-order chi connectivity index (χ1) is 11.9. The lowest BCUT2D eigenvalue weighted by Gasteiger charge is -2.24. The monoisotopic (exact) mass is 497 g/mol. The minimum Gasteiger partial charge on any atom is -0.444 e. The summed E-state index contributed by atoms with van der Waals surface area (Å²) in [5.74, 6) is 0.792. The molecule has 3 N–H and O–H groups in total. The molecule has 1 rings (SSSR count). The number of ether oxygens (including phenoxy) is 1. The van der Waals surface area contributed by atoms with Gasteiger partial charge in [0.05, 0.1) is 6.04 Å². The fourth-order valence-corrected chi connectivity index (χ4v) is 2.49. The Kier molecular flexibility index (Phi) is 10.4. The highest BCUT2D eigenvalue weighted by atomic mass is 127. The molecule has 1 saturated heterocycles. The number of hydrogen-bond donors (Lipinski definition) is 3. The number of aliphatic imine (C=N–C) groups is 1. The van der Waals surface area contributed by atoms with Crippen molar-refractivity contribution in [2.24, 2.45) is 10.4 Å². The van der Waals surface area contributed by atoms with Gasteiger partial charge in [0.15, 0.2) is 5.96 Å². The fourth-order valence-electron chi connectivity index (χ4n) is 2.49. The second-order valence-electron chi connectivity index (χ2n) is 8.56. The number of rotatable bonds is 4. The van der Waals surface area contributed by atoms with Crippen LogP contribution in [0.25, 0.3) is 0 Å². The zero-order valence-corrected chi connectivity index (χ0v) is 20.0. The maximum Gasteiger partial charge on any atom is 0.407 e. The first-order valence-electron chi connectivity index (χ1n) is 9.16. The van der Waals surface area contributed by atoms with Crippen molar-refractivity contribution in [3.63, 3.8) is 0 Å². The van der Waals surface area contributed by atoms with Crippen LogP contribution >= 0.6 is 24.0 Å². The molecule has 1 atom stereocenters. The van der Waals surface area contributed by atoms with E-state index in [-0.39, 0.29) is 35.9 Å². The van der Waals surface area contributed by atoms with E-state index in [0.717, 1.165) is 18.9 Å². The van der Waals surface area contributed by atoms with Crippen LogP contribution in [0.2, 0.25) is 0 Å². The van der Waals surface area contributed by atoms with Crippen LogP contribution in [0.5, 0.6) is 0 Å². The van der Waals surface area contributed by atoms with Crippen molar-refractivity contribution in [2.45, 2.75) is 59.6 Å². The van der Waals surface area contributed by atoms with Gasteiger partial charge in [-0.3, -0.25) is 9.79 Å². The van der Waals surface area contributed by atoms with Crippen molar-refractivity contribution in [3.8, 4) is 0 Å². The summed E-state index contributed by atoms with van der Waals surface area (Å²) in [6, 6.07) is 0.0315. The van der Waals surface area contributed by atoms with E-state index < -0.39 is 17.1 Å². The molecule has 0 bridgehead atoms. The third kappa shape index (κ3) is 10.0. The normalized spacial score (nSPS) is 17.8. The number of likely N-dealkylation sites (tertiary alicyclic amines) is 1. The molecule has 0 spiro atoms. The summed E-state index contributed by atoms with van der Waals surface area (Å²) < 4.78 is 5.30. The Balaban J connectivity index is 0.00000676. The molecule has 0 aromatic heterocycles. The van der Waals surface area contributed by atoms with Gasteiger partial charge in [0.2, 0.25) is 5.91 Å². The van der Waals surface area contributed by atoms with Crippen LogP contribution in [0.4, 0.5) is 4.79 Å². The molecule has 158 valence electrons. The van der Waals surface area contributed by atoms with Gasteiger partial charge in [-0.15, -0.1) is 24.0 Å². The number of halogens is 1. The maximum absolute atomic E-state index is 11.9. The Morgan fingerprint density at radius 1 is 1.11 bits per heavy atom. The van der Waals surface area contributed by atoms with Crippen LogP contribution in [0.3, 0.4) is 0 Å². The van der Waals surface area contributed by atoms with E-state index in [1.54, 1.807) is 7.05 Å². The van der Waals surface area contributed by atoms with E-state index in [9.17, 15) is 9.59 Å². The molecule has 1 aliphatic rings. The molecule has 0 aromatic rings. The molecular weight excluding hydrogens is 461 g/mol. The van der Waals surface area contributed by atoms with E-state index in [1.165, 1.54) is 0 Å². The zero-order chi connectivity index (χ0) is 20.0. The standard InChI is InChI=1S/C18H35N5O3.HI/c1-17(2,3)14(24)20-9-10-21-15(19-7)23-11-8-13(12-23)22-16(25)26-18(4,5)6;/h13H,8-12H2,1-7H3,(H,19,21)(H,20,24)(H,22,25);1H. The minimum absolute atomic E-state index is 0. The van der Waals surface area contributed by atoms with Crippen molar-refractivity contribution >= 4 is 41.9 Å². The van der Waals surface area contributed by atoms with Crippen LogP contribution in [-0.4, -0.2) is 67.7 Å². The summed E-state index contributed by atoms with van der Waals surface area (Å²) in [5, 5.41) is 9.05. The van der Waals surface area contributed by atoms with Gasteiger partial charge in [0.25, 0.3) is 0 Å². The van der Waals surface area contributed by atoms with Crippen LogP contribution in [0.1, 0.15) is 48.0 Å². The highest BCUT2D eigenvalue weighted by molar-refractivity contribution is 14.0. The van der Waals surface area contributed by atoms with Gasteiger partial charge in [-0.1, -0.05) is 20.8 Å². The largest absolute Gasteiger partial charge is 0.444 e. The second-order valence-corrected chi connectivity index (χ2v) is 8.56. The van der Waals surface area contributed by atoms with Gasteiger partial charge < -0.3 is 25.6 Å². The third-order valence-corrected chi connectivity index (χ3v) is 3.80. The highest BCUT2D eigenvalue weighted by Gasteiger charge is 2.28. The van der Waals surface area contributed by atoms with E-state index in [2.05, 4.69) is 25.8 Å². The zero-order valence-electron chi connectivity index (χ0n) is 17.6. The lowest BCUT2D eigenvalue weighted by atomic mass is 9.96. The van der Waals surface area contributed by atoms with Crippen molar-refractivity contribution in [1.29, 1.82) is 0 Å². The van der Waals surface area contributed by atoms with Gasteiger partial charge in [-0.05, 0) is 27.2 Å². The average molecular weight is 497 g/mol. The first-order valence-corrected chi connectivity index (χ1v) is 9.16. The van der Waals surface area contributed by atoms with Gasteiger partial charge >= 0.3 is 6.09 Å². The number of nitrogens with one attached hydrogen (secondary N) is 3. The number of nitrogens with zero attached hydrogens (tertiary/aromatic N) is 2. The summed E-state index contributed by atoms with van der Waals surface area (Å²) in [6.45, 7) is 13.8. The predicted octanol–water partition coefficient (Wildman–Crippen LogP) is 1.94. The van der Waals surface area contributed by atoms with E-state index in [1.807, 2.05) is 41.5 Å². The topological polar surface area (TPSA) is 95.1 Å². The summed E-state index contributed by atoms with van der Waals surface area (Å²) >= 11 is 0. The molecule has 1 aliphatic heterocycles. The van der Waals surface area contributed by atoms with E-state index in [0.29, 0.717) is 19.6 Å². The summed E-state index contributed by atoms with van der Waals surface area (Å²) in [4.78, 5) is 30.1. The van der Waals surface area contributed by atoms with Crippen LogP contribution in [-0.2, 0) is 9.53 Å². The summed E-state index contributed by atoms with van der Waals surface area (Å²) in [5.41, 5.74) is -0.894. The highest BCUT2D eigenvalue weighted by Crippen LogP contribution is 2.13. The van der Waals surface area contributed by atoms with Gasteiger partial charge in [-0.25, -0.2) is 4.79 Å². The average Bonchev–Trinajstić information content (AvgIpc) is 2.92.